The summed E-state index contributed by atoms with van der Waals surface area (Å²) in [5, 5.41) is 21.8. The summed E-state index contributed by atoms with van der Waals surface area (Å²) in [7, 11) is 0. The third-order valence-corrected chi connectivity index (χ3v) is 15.2. The number of rotatable bonds is 28. The molecule has 14 nitrogen and oxygen atoms in total. The molecule has 0 bridgehead atoms. The molecule has 4 aromatic rings. The van der Waals surface area contributed by atoms with E-state index in [9.17, 15) is 46.6 Å². The van der Waals surface area contributed by atoms with E-state index in [1.165, 1.54) is 28.4 Å². The lowest BCUT2D eigenvalue weighted by Crippen LogP contribution is -2.59. The van der Waals surface area contributed by atoms with Gasteiger partial charge in [0.2, 0.25) is 17.7 Å². The highest BCUT2D eigenvalue weighted by Crippen LogP contribution is 2.41. The van der Waals surface area contributed by atoms with E-state index in [0.717, 1.165) is 98.9 Å². The van der Waals surface area contributed by atoms with Gasteiger partial charge in [0.1, 0.15) is 17.9 Å². The Kier molecular flexibility index (Phi) is 21.8. The number of halogens is 5. The van der Waals surface area contributed by atoms with Crippen molar-refractivity contribution >= 4 is 74.8 Å². The average molecular weight is 1180 g/mol. The highest BCUT2D eigenvalue weighted by atomic mass is 127. The Bertz CT molecular complexity index is 2600. The first-order valence-electron chi connectivity index (χ1n) is 25.9. The van der Waals surface area contributed by atoms with Gasteiger partial charge in [0.05, 0.1) is 58.2 Å². The largest absolute Gasteiger partial charge is 0.391 e. The molecule has 6 rings (SSSR count). The van der Waals surface area contributed by atoms with Crippen molar-refractivity contribution in [2.75, 3.05) is 25.0 Å². The van der Waals surface area contributed by atoms with Crippen molar-refractivity contribution in [2.24, 2.45) is 5.41 Å². The summed E-state index contributed by atoms with van der Waals surface area (Å²) in [6, 6.07) is 10.7. The topological polar surface area (TPSA) is 191 Å². The molecule has 2 fully saturated rings. The summed E-state index contributed by atoms with van der Waals surface area (Å²) < 4.78 is 58.5. The summed E-state index contributed by atoms with van der Waals surface area (Å²) >= 11 is 3.44. The molecule has 20 heteroatoms. The Morgan fingerprint density at radius 3 is 2.11 bits per heavy atom. The van der Waals surface area contributed by atoms with Crippen molar-refractivity contribution in [2.45, 2.75) is 160 Å². The van der Waals surface area contributed by atoms with Crippen LogP contribution in [0, 0.1) is 33.4 Å². The number of alkyl halides is 1. The van der Waals surface area contributed by atoms with Gasteiger partial charge in [-0.3, -0.25) is 28.8 Å². The number of hydroxylamine groups is 1. The molecule has 0 spiro atoms. The monoisotopic (exact) mass is 1180 g/mol. The first-order chi connectivity index (χ1) is 35.7. The van der Waals surface area contributed by atoms with Gasteiger partial charge in [-0.15, -0.1) is 11.3 Å². The van der Waals surface area contributed by atoms with Gasteiger partial charge in [0.15, 0.2) is 17.3 Å². The number of anilines is 2. The molecule has 1 aliphatic heterocycles. The van der Waals surface area contributed by atoms with Crippen LogP contribution in [0.25, 0.3) is 10.4 Å². The van der Waals surface area contributed by atoms with E-state index in [4.69, 9.17) is 4.84 Å². The van der Waals surface area contributed by atoms with Crippen molar-refractivity contribution in [3.63, 3.8) is 0 Å². The van der Waals surface area contributed by atoms with Crippen LogP contribution >= 0.6 is 33.9 Å². The molecule has 4 atom stereocenters. The highest BCUT2D eigenvalue weighted by Gasteiger charge is 2.53. The van der Waals surface area contributed by atoms with Gasteiger partial charge in [0.25, 0.3) is 11.8 Å². The summed E-state index contributed by atoms with van der Waals surface area (Å²) in [6.45, 7) is 7.72. The number of aliphatic hydroxyl groups excluding tert-OH is 1. The van der Waals surface area contributed by atoms with Crippen LogP contribution in [0.5, 0.6) is 0 Å². The van der Waals surface area contributed by atoms with E-state index >= 15 is 0 Å². The molecule has 1 saturated heterocycles. The fraction of sp³-hybridized carbons (Fsp3) is 0.527. The van der Waals surface area contributed by atoms with Gasteiger partial charge >= 0.3 is 0 Å². The standard InChI is InChI=1S/C55H70F4IN7O7S/c1-34-48(75-33-62-34)36-19-17-35(18-20-36)43(64-51(71)44-30-38(68)32-67(44)52(72)49(54(2,3)4)65-53(73)55(59)25-26-55)31-45(69)61-27-15-13-11-9-7-5-6-8-10-12-14-16-28-74-66-50(70)39-22-23-40(56)46(58)47(39)63-42-24-21-37(60)29-41(42)57/h17-24,29,33,38,43-44,49,63,68H,5-16,25-28,30-32H2,1-4H3,(H,61,69)(H,64,71)(H,65,73)(H,66,70)/t38-,43+,44+,49?/m1/s1. The maximum atomic E-state index is 14.7. The van der Waals surface area contributed by atoms with E-state index in [2.05, 4.69) is 31.7 Å². The summed E-state index contributed by atoms with van der Waals surface area (Å²) in [6.07, 6.45) is 11.0. The van der Waals surface area contributed by atoms with Gasteiger partial charge in [0, 0.05) is 23.1 Å². The molecular weight excluding hydrogens is 1110 g/mol. The Labute approximate surface area is 454 Å². The van der Waals surface area contributed by atoms with Crippen LogP contribution in [0.2, 0.25) is 0 Å². The Morgan fingerprint density at radius 1 is 0.867 bits per heavy atom. The van der Waals surface area contributed by atoms with Crippen LogP contribution in [0.15, 0.2) is 60.1 Å². The van der Waals surface area contributed by atoms with Gasteiger partial charge in [-0.05, 0) is 102 Å². The zero-order valence-corrected chi connectivity index (χ0v) is 46.1. The number of hydrogen-bond donors (Lipinski definition) is 6. The third-order valence-electron chi connectivity index (χ3n) is 13.6. The lowest BCUT2D eigenvalue weighted by Gasteiger charge is -2.36. The first-order valence-corrected chi connectivity index (χ1v) is 27.9. The molecule has 5 amide bonds. The minimum absolute atomic E-state index is 0.0439. The quantitative estimate of drug-likeness (QED) is 0.0139. The lowest BCUT2D eigenvalue weighted by atomic mass is 9.85. The first kappa shape index (κ1) is 59.1. The second-order valence-corrected chi connectivity index (χ2v) is 22.8. The van der Waals surface area contributed by atoms with Crippen LogP contribution in [-0.4, -0.2) is 88.1 Å². The molecule has 0 radical (unpaired) electrons. The number of β-amino-alcohol motifs (C(OH)–C–C–N with tert-alkyl or cyclic N) is 1. The highest BCUT2D eigenvalue weighted by molar-refractivity contribution is 14.1. The molecule has 75 heavy (non-hydrogen) atoms. The van der Waals surface area contributed by atoms with Crippen LogP contribution in [0.4, 0.5) is 28.9 Å². The van der Waals surface area contributed by atoms with E-state index in [-0.39, 0.29) is 56.0 Å². The Morgan fingerprint density at radius 2 is 1.51 bits per heavy atom. The van der Waals surface area contributed by atoms with Crippen molar-refractivity contribution in [1.29, 1.82) is 0 Å². The number of aromatic nitrogens is 1. The zero-order chi connectivity index (χ0) is 54.3. The number of likely N-dealkylation sites (tertiary alicyclic amines) is 1. The average Bonchev–Trinajstić information content (AvgIpc) is 3.77. The lowest BCUT2D eigenvalue weighted by molar-refractivity contribution is -0.145. The van der Waals surface area contributed by atoms with Gasteiger partial charge in [-0.2, -0.15) is 0 Å². The molecule has 2 aliphatic rings. The number of aryl methyl sites for hydroxylation is 1. The summed E-state index contributed by atoms with van der Waals surface area (Å²) in [5.41, 5.74) is 2.88. The molecule has 1 aromatic heterocycles. The molecule has 6 N–H and O–H groups in total. The number of aliphatic hydroxyl groups is 1. The van der Waals surface area contributed by atoms with E-state index < -0.39 is 82.1 Å². The van der Waals surface area contributed by atoms with Crippen LogP contribution in [0.1, 0.15) is 151 Å². The number of benzene rings is 3. The summed E-state index contributed by atoms with van der Waals surface area (Å²) in [4.78, 5) is 79.1. The number of nitrogens with one attached hydrogen (secondary N) is 5. The zero-order valence-electron chi connectivity index (χ0n) is 43.1. The van der Waals surface area contributed by atoms with Crippen molar-refractivity contribution in [3.05, 3.63) is 98.0 Å². The number of amides is 5. The molecule has 1 saturated carbocycles. The fourth-order valence-electron chi connectivity index (χ4n) is 9.00. The maximum Gasteiger partial charge on any atom is 0.277 e. The summed E-state index contributed by atoms with van der Waals surface area (Å²) in [5.74, 6) is -6.23. The van der Waals surface area contributed by atoms with Crippen LogP contribution < -0.4 is 26.7 Å². The van der Waals surface area contributed by atoms with Crippen molar-refractivity contribution < 1.29 is 51.5 Å². The number of carbonyl (C=O) groups is 5. The predicted molar refractivity (Wildman–Crippen MR) is 289 cm³/mol. The molecule has 1 aliphatic carbocycles. The predicted octanol–water partition coefficient (Wildman–Crippen LogP) is 10.6. The number of nitrogens with zero attached hydrogens (tertiary/aromatic N) is 2. The van der Waals surface area contributed by atoms with E-state index in [1.54, 1.807) is 32.3 Å². The fourth-order valence-corrected chi connectivity index (χ4v) is 10.3. The van der Waals surface area contributed by atoms with Gasteiger partial charge < -0.3 is 31.3 Å². The molecule has 408 valence electrons. The van der Waals surface area contributed by atoms with E-state index in [1.807, 2.05) is 53.8 Å². The molecule has 2 heterocycles. The number of unbranched alkanes of at least 4 members (excludes halogenated alkanes) is 11. The molecule has 3 aromatic carbocycles. The van der Waals surface area contributed by atoms with E-state index in [0.29, 0.717) is 22.1 Å². The SMILES string of the molecule is Cc1ncsc1-c1ccc([C@H](CC(=O)NCCCCCCCCCCCCCCONC(=O)c2ccc(F)c(F)c2Nc2ccc(I)cc2F)NC(=O)[C@@H]2C[C@@H](O)CN2C(=O)C(NC(=O)C2(F)CC2)C(C)(C)C)cc1. The number of carbonyl (C=O) groups excluding carboxylic acids is 5. The second kappa shape index (κ2) is 27.7. The third kappa shape index (κ3) is 17.2. The van der Waals surface area contributed by atoms with Gasteiger partial charge in [-0.25, -0.2) is 28.0 Å². The van der Waals surface area contributed by atoms with Crippen LogP contribution in [0.3, 0.4) is 0 Å². The van der Waals surface area contributed by atoms with Crippen LogP contribution in [-0.2, 0) is 24.0 Å². The van der Waals surface area contributed by atoms with Gasteiger partial charge in [-0.1, -0.05) is 109 Å². The Hall–Kier alpha value is -5.19. The minimum Gasteiger partial charge on any atom is -0.391 e. The minimum atomic E-state index is -2.01. The normalized spacial score (nSPS) is 16.7. The Balaban J connectivity index is 0.865. The molecule has 1 unspecified atom stereocenters. The number of thiazole rings is 1. The maximum absolute atomic E-state index is 14.7. The number of hydrogen-bond acceptors (Lipinski definition) is 10. The smallest absolute Gasteiger partial charge is 0.277 e. The second-order valence-electron chi connectivity index (χ2n) is 20.7. The van der Waals surface area contributed by atoms with Crippen molar-refractivity contribution in [3.8, 4) is 10.4 Å². The van der Waals surface area contributed by atoms with Crippen molar-refractivity contribution in [1.82, 2.24) is 31.3 Å². The molecular formula is C55H70F4IN7O7S.